The number of hydrogen-bond acceptors (Lipinski definition) is 4. The quantitative estimate of drug-likeness (QED) is 0.721. The maximum absolute atomic E-state index is 13.7. The van der Waals surface area contributed by atoms with Crippen LogP contribution in [0.3, 0.4) is 0 Å². The number of fused-ring (bicyclic) bond motifs is 1. The summed E-state index contributed by atoms with van der Waals surface area (Å²) in [5.41, 5.74) is -0.314. The number of carbonyl (C=O) groups excluding carboxylic acids is 2. The number of pyridine rings is 1. The van der Waals surface area contributed by atoms with E-state index in [1.165, 1.54) is 6.07 Å². The molecule has 1 atom stereocenters. The summed E-state index contributed by atoms with van der Waals surface area (Å²) in [4.78, 5) is 30.8. The van der Waals surface area contributed by atoms with Crippen LogP contribution in [0.25, 0.3) is 0 Å². The highest BCUT2D eigenvalue weighted by molar-refractivity contribution is 6.00. The number of alkyl halides is 3. The summed E-state index contributed by atoms with van der Waals surface area (Å²) in [5.74, 6) is -2.19. The smallest absolute Gasteiger partial charge is 0.373 e. The van der Waals surface area contributed by atoms with Crippen molar-refractivity contribution in [2.45, 2.75) is 51.7 Å². The molecule has 4 rings (SSSR count). The Balaban J connectivity index is 1.53. The molecule has 2 aliphatic heterocycles. The summed E-state index contributed by atoms with van der Waals surface area (Å²) in [6.45, 7) is 3.42. The van der Waals surface area contributed by atoms with E-state index in [9.17, 15) is 27.2 Å². The first-order chi connectivity index (χ1) is 15.2. The van der Waals surface area contributed by atoms with Crippen molar-refractivity contribution in [2.75, 3.05) is 13.2 Å². The van der Waals surface area contributed by atoms with E-state index < -0.39 is 23.6 Å². The Kier molecular flexibility index (Phi) is 5.93. The third-order valence-corrected chi connectivity index (χ3v) is 5.80. The van der Waals surface area contributed by atoms with Crippen molar-refractivity contribution in [3.05, 3.63) is 52.4 Å². The molecule has 7 nitrogen and oxygen atoms in total. The van der Waals surface area contributed by atoms with Crippen LogP contribution in [-0.4, -0.2) is 45.5 Å². The van der Waals surface area contributed by atoms with Crippen molar-refractivity contribution >= 4 is 11.8 Å². The minimum Gasteiger partial charge on any atom is -0.373 e. The van der Waals surface area contributed by atoms with Gasteiger partial charge in [0, 0.05) is 31.9 Å². The predicted octanol–water partition coefficient (Wildman–Crippen LogP) is 3.13. The van der Waals surface area contributed by atoms with Crippen LogP contribution in [0.2, 0.25) is 0 Å². The summed E-state index contributed by atoms with van der Waals surface area (Å²) < 4.78 is 59.0. The second-order valence-electron chi connectivity index (χ2n) is 7.94. The SMILES string of the molecule is C[C@H]1CCCN1C(=O)c1cc(C(=O)NCc2cnc(C(F)(F)F)c(F)c2)c2n1CCOC2. The molecule has 32 heavy (non-hydrogen) atoms. The van der Waals surface area contributed by atoms with Gasteiger partial charge in [-0.15, -0.1) is 0 Å². The van der Waals surface area contributed by atoms with Crippen molar-refractivity contribution in [2.24, 2.45) is 0 Å². The Morgan fingerprint density at radius 2 is 2.06 bits per heavy atom. The van der Waals surface area contributed by atoms with Crippen LogP contribution in [0.1, 0.15) is 57.6 Å². The number of nitrogens with zero attached hydrogens (tertiary/aromatic N) is 3. The Morgan fingerprint density at radius 1 is 1.28 bits per heavy atom. The van der Waals surface area contributed by atoms with Gasteiger partial charge in [0.25, 0.3) is 11.8 Å². The van der Waals surface area contributed by atoms with Crippen LogP contribution in [0.5, 0.6) is 0 Å². The highest BCUT2D eigenvalue weighted by Crippen LogP contribution is 2.30. The molecular formula is C21H22F4N4O3. The lowest BCUT2D eigenvalue weighted by Crippen LogP contribution is -2.35. The number of aromatic nitrogens is 2. The monoisotopic (exact) mass is 454 g/mol. The van der Waals surface area contributed by atoms with Crippen molar-refractivity contribution in [1.29, 1.82) is 0 Å². The molecule has 1 N–H and O–H groups in total. The van der Waals surface area contributed by atoms with E-state index in [0.717, 1.165) is 19.0 Å². The van der Waals surface area contributed by atoms with Gasteiger partial charge >= 0.3 is 6.18 Å². The molecule has 0 unspecified atom stereocenters. The van der Waals surface area contributed by atoms with E-state index in [2.05, 4.69) is 10.3 Å². The second-order valence-corrected chi connectivity index (χ2v) is 7.94. The second kappa shape index (κ2) is 8.53. The molecule has 0 aliphatic carbocycles. The van der Waals surface area contributed by atoms with Crippen LogP contribution in [-0.2, 0) is 30.6 Å². The molecular weight excluding hydrogens is 432 g/mol. The third-order valence-electron chi connectivity index (χ3n) is 5.80. The zero-order valence-electron chi connectivity index (χ0n) is 17.3. The van der Waals surface area contributed by atoms with Gasteiger partial charge in [0.1, 0.15) is 5.69 Å². The summed E-state index contributed by atoms with van der Waals surface area (Å²) in [5, 5.41) is 2.56. The number of hydrogen-bond donors (Lipinski definition) is 1. The molecule has 2 aromatic rings. The molecule has 0 radical (unpaired) electrons. The van der Waals surface area contributed by atoms with Gasteiger partial charge in [-0.05, 0) is 37.5 Å². The summed E-state index contributed by atoms with van der Waals surface area (Å²) in [6, 6.07) is 2.34. The van der Waals surface area contributed by atoms with Gasteiger partial charge in [0.05, 0.1) is 24.5 Å². The van der Waals surface area contributed by atoms with Crippen LogP contribution in [0.15, 0.2) is 18.3 Å². The molecule has 172 valence electrons. The molecule has 0 aromatic carbocycles. The molecule has 1 fully saturated rings. The number of likely N-dealkylation sites (tertiary alicyclic amines) is 1. The summed E-state index contributed by atoms with van der Waals surface area (Å²) >= 11 is 0. The standard InChI is InChI=1S/C21H22F4N4O3/c1-12-3-2-4-28(12)20(31)16-8-14(17-11-32-6-5-29(16)17)19(30)27-10-13-7-15(22)18(26-9-13)21(23,24)25/h7-9,12H,2-6,10-11H2,1H3,(H,27,30)/t12-/m0/s1. The maximum atomic E-state index is 13.7. The highest BCUT2D eigenvalue weighted by atomic mass is 19.4. The zero-order valence-corrected chi connectivity index (χ0v) is 17.3. The molecule has 11 heteroatoms. The number of rotatable bonds is 4. The predicted molar refractivity (Wildman–Crippen MR) is 104 cm³/mol. The summed E-state index contributed by atoms with van der Waals surface area (Å²) in [7, 11) is 0. The molecule has 0 spiro atoms. The first-order valence-corrected chi connectivity index (χ1v) is 10.3. The van der Waals surface area contributed by atoms with Crippen molar-refractivity contribution in [3.8, 4) is 0 Å². The fourth-order valence-electron chi connectivity index (χ4n) is 4.14. The van der Waals surface area contributed by atoms with Gasteiger partial charge in [-0.1, -0.05) is 0 Å². The first-order valence-electron chi connectivity index (χ1n) is 10.3. The topological polar surface area (TPSA) is 76.5 Å². The molecule has 2 amide bonds. The maximum Gasteiger partial charge on any atom is 0.436 e. The molecule has 2 aromatic heterocycles. The van der Waals surface area contributed by atoms with E-state index in [4.69, 9.17) is 4.74 Å². The van der Waals surface area contributed by atoms with Crippen LogP contribution in [0, 0.1) is 5.82 Å². The van der Waals surface area contributed by atoms with E-state index in [0.29, 0.717) is 37.2 Å². The van der Waals surface area contributed by atoms with Gasteiger partial charge in [-0.3, -0.25) is 9.59 Å². The fourth-order valence-corrected chi connectivity index (χ4v) is 4.14. The van der Waals surface area contributed by atoms with Crippen LogP contribution >= 0.6 is 0 Å². The average molecular weight is 454 g/mol. The van der Waals surface area contributed by atoms with Gasteiger partial charge in [0.15, 0.2) is 11.5 Å². The number of amides is 2. The van der Waals surface area contributed by atoms with Gasteiger partial charge < -0.3 is 19.5 Å². The molecule has 0 saturated carbocycles. The fraction of sp³-hybridized carbons (Fsp3) is 0.476. The third kappa shape index (κ3) is 4.21. The normalized spacial score (nSPS) is 18.5. The number of ether oxygens (including phenoxy) is 1. The number of nitrogens with one attached hydrogen (secondary N) is 1. The van der Waals surface area contributed by atoms with Gasteiger partial charge in [0.2, 0.25) is 0 Å². The lowest BCUT2D eigenvalue weighted by Gasteiger charge is -2.24. The summed E-state index contributed by atoms with van der Waals surface area (Å²) in [6.07, 6.45) is -2.18. The molecule has 0 bridgehead atoms. The van der Waals surface area contributed by atoms with Crippen LogP contribution in [0.4, 0.5) is 17.6 Å². The van der Waals surface area contributed by atoms with Crippen LogP contribution < -0.4 is 5.32 Å². The average Bonchev–Trinajstić information content (AvgIpc) is 3.34. The lowest BCUT2D eigenvalue weighted by atomic mass is 10.2. The Morgan fingerprint density at radius 3 is 2.72 bits per heavy atom. The van der Waals surface area contributed by atoms with Gasteiger partial charge in [-0.25, -0.2) is 9.37 Å². The minimum absolute atomic E-state index is 0.0790. The van der Waals surface area contributed by atoms with Crippen molar-refractivity contribution < 1.29 is 31.9 Å². The molecule has 1 saturated heterocycles. The van der Waals surface area contributed by atoms with E-state index in [-0.39, 0.29) is 36.2 Å². The van der Waals surface area contributed by atoms with Crippen molar-refractivity contribution in [1.82, 2.24) is 19.8 Å². The first kappa shape index (κ1) is 22.3. The number of halogens is 4. The van der Waals surface area contributed by atoms with Gasteiger partial charge in [-0.2, -0.15) is 13.2 Å². The highest BCUT2D eigenvalue weighted by Gasteiger charge is 2.36. The zero-order chi connectivity index (χ0) is 23.0. The Labute approximate surface area is 181 Å². The van der Waals surface area contributed by atoms with E-state index >= 15 is 0 Å². The van der Waals surface area contributed by atoms with Crippen molar-refractivity contribution in [3.63, 3.8) is 0 Å². The lowest BCUT2D eigenvalue weighted by molar-refractivity contribution is -0.143. The molecule has 2 aliphatic rings. The number of carbonyl (C=O) groups is 2. The Bertz CT molecular complexity index is 1050. The van der Waals surface area contributed by atoms with E-state index in [1.807, 2.05) is 6.92 Å². The van der Waals surface area contributed by atoms with E-state index in [1.54, 1.807) is 9.47 Å². The Hall–Kier alpha value is -2.95. The molecule has 4 heterocycles. The minimum atomic E-state index is -4.90. The largest absolute Gasteiger partial charge is 0.436 e.